The van der Waals surface area contributed by atoms with E-state index in [9.17, 15) is 8.42 Å². The second-order valence-corrected chi connectivity index (χ2v) is 7.84. The van der Waals surface area contributed by atoms with E-state index in [2.05, 4.69) is 23.6 Å². The maximum atomic E-state index is 12.7. The third kappa shape index (κ3) is 3.26. The molecule has 24 heavy (non-hydrogen) atoms. The Kier molecular flexibility index (Phi) is 4.28. The first-order chi connectivity index (χ1) is 11.4. The number of para-hydroxylation sites is 1. The summed E-state index contributed by atoms with van der Waals surface area (Å²) >= 11 is 0. The van der Waals surface area contributed by atoms with Crippen LogP contribution in [-0.2, 0) is 10.0 Å². The summed E-state index contributed by atoms with van der Waals surface area (Å²) in [7, 11) is -3.64. The van der Waals surface area contributed by atoms with Crippen molar-refractivity contribution in [2.24, 2.45) is 0 Å². The lowest BCUT2D eigenvalue weighted by atomic mass is 10.0. The lowest BCUT2D eigenvalue weighted by Crippen LogP contribution is -2.13. The molecule has 3 rings (SSSR count). The fraction of sp³-hybridized carbons (Fsp3) is 0.211. The van der Waals surface area contributed by atoms with Crippen LogP contribution in [0.2, 0.25) is 0 Å². The number of pyridine rings is 1. The van der Waals surface area contributed by atoms with E-state index < -0.39 is 10.0 Å². The maximum Gasteiger partial charge on any atom is 0.261 e. The molecule has 0 atom stereocenters. The second kappa shape index (κ2) is 6.24. The van der Waals surface area contributed by atoms with Crippen LogP contribution in [0.25, 0.3) is 10.9 Å². The molecule has 0 fully saturated rings. The predicted octanol–water partition coefficient (Wildman–Crippen LogP) is 4.47. The fourth-order valence-corrected chi connectivity index (χ4v) is 3.70. The van der Waals surface area contributed by atoms with E-state index in [1.807, 2.05) is 43.3 Å². The summed E-state index contributed by atoms with van der Waals surface area (Å²) in [5.74, 6) is 0.363. The molecule has 0 amide bonds. The topological polar surface area (TPSA) is 59.1 Å². The standard InChI is InChI=1S/C19H20N2O2S/c1-13(2)15-8-10-16(11-9-15)24(22,23)21-19-12-14(3)20-18-7-5-4-6-17(18)19/h4-13H,1-3H3,(H,20,21). The molecule has 0 radical (unpaired) electrons. The molecule has 0 spiro atoms. The van der Waals surface area contributed by atoms with Crippen LogP contribution in [0.3, 0.4) is 0 Å². The molecule has 5 heteroatoms. The van der Waals surface area contributed by atoms with Gasteiger partial charge in [-0.2, -0.15) is 0 Å². The van der Waals surface area contributed by atoms with Gasteiger partial charge in [0.05, 0.1) is 16.1 Å². The van der Waals surface area contributed by atoms with Gasteiger partial charge in [0, 0.05) is 11.1 Å². The number of sulfonamides is 1. The number of hydrogen-bond donors (Lipinski definition) is 1. The molecule has 1 aromatic heterocycles. The highest BCUT2D eigenvalue weighted by atomic mass is 32.2. The van der Waals surface area contributed by atoms with E-state index in [-0.39, 0.29) is 4.90 Å². The summed E-state index contributed by atoms with van der Waals surface area (Å²) in [6, 6.07) is 16.2. The molecule has 1 N–H and O–H groups in total. The van der Waals surface area contributed by atoms with E-state index in [0.717, 1.165) is 22.2 Å². The number of nitrogens with one attached hydrogen (secondary N) is 1. The van der Waals surface area contributed by atoms with Crippen molar-refractivity contribution in [1.29, 1.82) is 0 Å². The Labute approximate surface area is 142 Å². The molecule has 4 nitrogen and oxygen atoms in total. The smallest absolute Gasteiger partial charge is 0.261 e. The van der Waals surface area contributed by atoms with Gasteiger partial charge >= 0.3 is 0 Å². The minimum Gasteiger partial charge on any atom is -0.279 e. The largest absolute Gasteiger partial charge is 0.279 e. The molecule has 0 saturated carbocycles. The molecule has 0 bridgehead atoms. The van der Waals surface area contributed by atoms with E-state index in [0.29, 0.717) is 11.6 Å². The molecule has 0 unspecified atom stereocenters. The first-order valence-corrected chi connectivity index (χ1v) is 9.34. The van der Waals surface area contributed by atoms with Gasteiger partial charge in [0.15, 0.2) is 0 Å². The third-order valence-corrected chi connectivity index (χ3v) is 5.33. The quantitative estimate of drug-likeness (QED) is 0.762. The van der Waals surface area contributed by atoms with Gasteiger partial charge in [-0.15, -0.1) is 0 Å². The monoisotopic (exact) mass is 340 g/mol. The summed E-state index contributed by atoms with van der Waals surface area (Å²) in [6.07, 6.45) is 0. The zero-order valence-electron chi connectivity index (χ0n) is 13.9. The third-order valence-electron chi connectivity index (χ3n) is 3.95. The van der Waals surface area contributed by atoms with Crippen LogP contribution in [0.5, 0.6) is 0 Å². The summed E-state index contributed by atoms with van der Waals surface area (Å²) in [4.78, 5) is 4.69. The minimum absolute atomic E-state index is 0.255. The molecule has 0 saturated heterocycles. The Balaban J connectivity index is 2.01. The molecule has 0 aliphatic carbocycles. The highest BCUT2D eigenvalue weighted by Crippen LogP contribution is 2.26. The number of aromatic nitrogens is 1. The molecular weight excluding hydrogens is 320 g/mol. The van der Waals surface area contributed by atoms with Gasteiger partial charge in [0.1, 0.15) is 0 Å². The summed E-state index contributed by atoms with van der Waals surface area (Å²) in [5, 5.41) is 0.783. The summed E-state index contributed by atoms with van der Waals surface area (Å²) in [5.41, 5.74) is 3.19. The summed E-state index contributed by atoms with van der Waals surface area (Å²) in [6.45, 7) is 6.00. The van der Waals surface area contributed by atoms with Crippen LogP contribution < -0.4 is 4.72 Å². The highest BCUT2D eigenvalue weighted by Gasteiger charge is 2.16. The maximum absolute atomic E-state index is 12.7. The Hall–Kier alpha value is -2.40. The average molecular weight is 340 g/mol. The second-order valence-electron chi connectivity index (χ2n) is 6.16. The lowest BCUT2D eigenvalue weighted by Gasteiger charge is -2.12. The van der Waals surface area contributed by atoms with Gasteiger partial charge in [0.2, 0.25) is 0 Å². The number of rotatable bonds is 4. The van der Waals surface area contributed by atoms with Crippen LogP contribution in [0.15, 0.2) is 59.5 Å². The van der Waals surface area contributed by atoms with Gasteiger partial charge in [-0.1, -0.05) is 44.2 Å². The fourth-order valence-electron chi connectivity index (χ4n) is 2.63. The Bertz CT molecular complexity index is 978. The van der Waals surface area contributed by atoms with Crippen molar-refractivity contribution in [3.63, 3.8) is 0 Å². The van der Waals surface area contributed by atoms with Crippen molar-refractivity contribution < 1.29 is 8.42 Å². The van der Waals surface area contributed by atoms with Crippen LogP contribution in [0, 0.1) is 6.92 Å². The van der Waals surface area contributed by atoms with Gasteiger partial charge in [-0.05, 0) is 42.7 Å². The zero-order chi connectivity index (χ0) is 17.3. The van der Waals surface area contributed by atoms with Crippen LogP contribution in [0.4, 0.5) is 5.69 Å². The predicted molar refractivity (Wildman–Crippen MR) is 97.8 cm³/mol. The number of fused-ring (bicyclic) bond motifs is 1. The first kappa shape index (κ1) is 16.5. The summed E-state index contributed by atoms with van der Waals surface area (Å²) < 4.78 is 28.1. The molecule has 0 aliphatic rings. The zero-order valence-corrected chi connectivity index (χ0v) is 14.8. The molecule has 124 valence electrons. The van der Waals surface area contributed by atoms with Gasteiger partial charge < -0.3 is 0 Å². The number of anilines is 1. The van der Waals surface area contributed by atoms with E-state index in [1.54, 1.807) is 18.2 Å². The van der Waals surface area contributed by atoms with Crippen LogP contribution >= 0.6 is 0 Å². The SMILES string of the molecule is Cc1cc(NS(=O)(=O)c2ccc(C(C)C)cc2)c2ccccc2n1. The van der Waals surface area contributed by atoms with Crippen LogP contribution in [-0.4, -0.2) is 13.4 Å². The minimum atomic E-state index is -3.64. The number of nitrogens with zero attached hydrogens (tertiary/aromatic N) is 1. The number of aryl methyl sites for hydroxylation is 1. The van der Waals surface area contributed by atoms with E-state index in [4.69, 9.17) is 0 Å². The lowest BCUT2D eigenvalue weighted by molar-refractivity contribution is 0.601. The van der Waals surface area contributed by atoms with Gasteiger partial charge in [-0.25, -0.2) is 8.42 Å². The van der Waals surface area contributed by atoms with Gasteiger partial charge in [0.25, 0.3) is 10.0 Å². The van der Waals surface area contributed by atoms with Crippen molar-refractivity contribution in [1.82, 2.24) is 4.98 Å². The molecule has 2 aromatic carbocycles. The van der Waals surface area contributed by atoms with Crippen molar-refractivity contribution >= 4 is 26.6 Å². The normalized spacial score (nSPS) is 11.8. The molecular formula is C19H20N2O2S. The van der Waals surface area contributed by atoms with Gasteiger partial charge in [-0.3, -0.25) is 9.71 Å². The number of hydrogen-bond acceptors (Lipinski definition) is 3. The van der Waals surface area contributed by atoms with Crippen LogP contribution in [0.1, 0.15) is 31.0 Å². The van der Waals surface area contributed by atoms with Crippen molar-refractivity contribution in [3.8, 4) is 0 Å². The number of benzene rings is 2. The van der Waals surface area contributed by atoms with Crippen molar-refractivity contribution in [2.45, 2.75) is 31.6 Å². The van der Waals surface area contributed by atoms with Crippen molar-refractivity contribution in [2.75, 3.05) is 4.72 Å². The Morgan fingerprint density at radius 1 is 1.00 bits per heavy atom. The molecule has 3 aromatic rings. The average Bonchev–Trinajstić information content (AvgIpc) is 2.54. The Morgan fingerprint density at radius 2 is 1.67 bits per heavy atom. The van der Waals surface area contributed by atoms with E-state index in [1.165, 1.54) is 0 Å². The molecule has 1 heterocycles. The first-order valence-electron chi connectivity index (χ1n) is 7.86. The highest BCUT2D eigenvalue weighted by molar-refractivity contribution is 7.92. The van der Waals surface area contributed by atoms with Crippen molar-refractivity contribution in [3.05, 3.63) is 65.9 Å². The Morgan fingerprint density at radius 3 is 2.33 bits per heavy atom. The molecule has 0 aliphatic heterocycles. The van der Waals surface area contributed by atoms with E-state index >= 15 is 0 Å².